The second kappa shape index (κ2) is 7.84. The zero-order valence-corrected chi connectivity index (χ0v) is 17.3. The van der Waals surface area contributed by atoms with Gasteiger partial charge in [0.2, 0.25) is 0 Å². The molecule has 0 amide bonds. The van der Waals surface area contributed by atoms with Crippen LogP contribution in [0.3, 0.4) is 0 Å². The monoisotopic (exact) mass is 404 g/mol. The largest absolute Gasteiger partial charge is 0.493 e. The van der Waals surface area contributed by atoms with Crippen molar-refractivity contribution in [1.29, 1.82) is 0 Å². The summed E-state index contributed by atoms with van der Waals surface area (Å²) < 4.78 is 10.9. The molecule has 4 aromatic rings. The lowest BCUT2D eigenvalue weighted by Crippen LogP contribution is -3.13. The predicted octanol–water partition coefficient (Wildman–Crippen LogP) is 2.03. The van der Waals surface area contributed by atoms with Crippen molar-refractivity contribution in [2.24, 2.45) is 0 Å². The highest BCUT2D eigenvalue weighted by atomic mass is 16.5. The van der Waals surface area contributed by atoms with Crippen LogP contribution >= 0.6 is 0 Å². The highest BCUT2D eigenvalue weighted by Crippen LogP contribution is 2.36. The van der Waals surface area contributed by atoms with E-state index in [9.17, 15) is 0 Å². The topological polar surface area (TPSA) is 67.7 Å². The third-order valence-electron chi connectivity index (χ3n) is 5.93. The SMILES string of the molecule is COc1cc2[nH]c3c(N4CC[NH+](Cc5ccccc5)CC4)ncnc3c2cc1OC. The Kier molecular flexibility index (Phi) is 4.88. The van der Waals surface area contributed by atoms with Crippen LogP contribution in [-0.4, -0.2) is 55.4 Å². The first-order chi connectivity index (χ1) is 14.8. The smallest absolute Gasteiger partial charge is 0.162 e. The summed E-state index contributed by atoms with van der Waals surface area (Å²) in [5.74, 6) is 2.36. The number of methoxy groups -OCH3 is 2. The lowest BCUT2D eigenvalue weighted by Gasteiger charge is -2.33. The fourth-order valence-corrected chi connectivity index (χ4v) is 4.34. The van der Waals surface area contributed by atoms with Crippen LogP contribution in [0.5, 0.6) is 11.5 Å². The van der Waals surface area contributed by atoms with E-state index in [1.165, 1.54) is 5.56 Å². The van der Waals surface area contributed by atoms with Crippen LogP contribution in [0.4, 0.5) is 5.82 Å². The molecule has 1 saturated heterocycles. The molecule has 2 aromatic heterocycles. The fourth-order valence-electron chi connectivity index (χ4n) is 4.34. The summed E-state index contributed by atoms with van der Waals surface area (Å²) in [4.78, 5) is 16.7. The number of H-pyrrole nitrogens is 1. The highest BCUT2D eigenvalue weighted by Gasteiger charge is 2.24. The van der Waals surface area contributed by atoms with E-state index < -0.39 is 0 Å². The fraction of sp³-hybridized carbons (Fsp3) is 0.304. The van der Waals surface area contributed by atoms with E-state index in [0.29, 0.717) is 11.5 Å². The number of quaternary nitrogens is 1. The lowest BCUT2D eigenvalue weighted by atomic mass is 10.2. The molecular weight excluding hydrogens is 378 g/mol. The lowest BCUT2D eigenvalue weighted by molar-refractivity contribution is -0.914. The van der Waals surface area contributed by atoms with E-state index in [1.807, 2.05) is 12.1 Å². The quantitative estimate of drug-likeness (QED) is 0.533. The second-order valence-corrected chi connectivity index (χ2v) is 7.70. The van der Waals surface area contributed by atoms with Gasteiger partial charge >= 0.3 is 0 Å². The van der Waals surface area contributed by atoms with Crippen LogP contribution in [0.15, 0.2) is 48.8 Å². The van der Waals surface area contributed by atoms with E-state index in [-0.39, 0.29) is 0 Å². The summed E-state index contributed by atoms with van der Waals surface area (Å²) in [6.07, 6.45) is 1.66. The molecule has 1 aliphatic heterocycles. The molecule has 0 bridgehead atoms. The number of rotatable bonds is 5. The van der Waals surface area contributed by atoms with E-state index in [2.05, 4.69) is 50.2 Å². The summed E-state index contributed by atoms with van der Waals surface area (Å²) in [5, 5.41) is 1.01. The minimum absolute atomic E-state index is 0.698. The number of anilines is 1. The minimum Gasteiger partial charge on any atom is -0.493 e. The van der Waals surface area contributed by atoms with Gasteiger partial charge in [-0.1, -0.05) is 30.3 Å². The molecule has 2 N–H and O–H groups in total. The summed E-state index contributed by atoms with van der Waals surface area (Å²) in [6.45, 7) is 5.18. The van der Waals surface area contributed by atoms with Gasteiger partial charge in [-0.15, -0.1) is 0 Å². The Labute approximate surface area is 175 Å². The van der Waals surface area contributed by atoms with Crippen molar-refractivity contribution >= 4 is 27.8 Å². The standard InChI is InChI=1S/C23H25N5O2/c1-29-19-12-17-18(13-20(19)30-2)26-22-21(17)24-15-25-23(22)28-10-8-27(9-11-28)14-16-6-4-3-5-7-16/h3-7,12-13,15,26H,8-11,14H2,1-2H3/p+1. The van der Waals surface area contributed by atoms with Gasteiger partial charge in [0.25, 0.3) is 0 Å². The Bertz CT molecular complexity index is 1170. The zero-order chi connectivity index (χ0) is 20.5. The Balaban J connectivity index is 1.42. The molecule has 1 aliphatic rings. The number of fused-ring (bicyclic) bond motifs is 3. The van der Waals surface area contributed by atoms with Crippen LogP contribution in [0.2, 0.25) is 0 Å². The number of hydrogen-bond acceptors (Lipinski definition) is 5. The molecule has 1 fully saturated rings. The Hall–Kier alpha value is -3.32. The van der Waals surface area contributed by atoms with Gasteiger partial charge in [-0.25, -0.2) is 9.97 Å². The number of piperazine rings is 1. The maximum atomic E-state index is 5.47. The second-order valence-electron chi connectivity index (χ2n) is 7.70. The first-order valence-corrected chi connectivity index (χ1v) is 10.3. The first kappa shape index (κ1) is 18.7. The van der Waals surface area contributed by atoms with Crippen LogP contribution in [0.1, 0.15) is 5.56 Å². The van der Waals surface area contributed by atoms with Gasteiger partial charge in [0, 0.05) is 17.0 Å². The molecule has 2 aromatic carbocycles. The minimum atomic E-state index is 0.698. The van der Waals surface area contributed by atoms with Crippen molar-refractivity contribution in [3.63, 3.8) is 0 Å². The first-order valence-electron chi connectivity index (χ1n) is 10.3. The molecule has 0 saturated carbocycles. The predicted molar refractivity (Wildman–Crippen MR) is 118 cm³/mol. The molecule has 3 heterocycles. The van der Waals surface area contributed by atoms with Gasteiger partial charge in [0.05, 0.1) is 45.9 Å². The number of benzene rings is 2. The average Bonchev–Trinajstić information content (AvgIpc) is 3.17. The molecule has 0 radical (unpaired) electrons. The molecule has 30 heavy (non-hydrogen) atoms. The Morgan fingerprint density at radius 3 is 2.47 bits per heavy atom. The number of nitrogens with zero attached hydrogens (tertiary/aromatic N) is 3. The Morgan fingerprint density at radius 2 is 1.73 bits per heavy atom. The van der Waals surface area contributed by atoms with Crippen molar-refractivity contribution < 1.29 is 14.4 Å². The van der Waals surface area contributed by atoms with Crippen molar-refractivity contribution in [2.75, 3.05) is 45.3 Å². The molecular formula is C23H26N5O2+. The van der Waals surface area contributed by atoms with Crippen molar-refractivity contribution in [3.05, 3.63) is 54.4 Å². The summed E-state index contributed by atoms with van der Waals surface area (Å²) in [6, 6.07) is 14.7. The van der Waals surface area contributed by atoms with E-state index >= 15 is 0 Å². The van der Waals surface area contributed by atoms with Gasteiger partial charge in [0.1, 0.15) is 23.9 Å². The van der Waals surface area contributed by atoms with Gasteiger partial charge in [0.15, 0.2) is 17.3 Å². The van der Waals surface area contributed by atoms with Crippen molar-refractivity contribution in [3.8, 4) is 11.5 Å². The molecule has 7 heteroatoms. The van der Waals surface area contributed by atoms with Gasteiger partial charge in [-0.05, 0) is 6.07 Å². The van der Waals surface area contributed by atoms with Gasteiger partial charge in [-0.2, -0.15) is 0 Å². The summed E-state index contributed by atoms with van der Waals surface area (Å²) in [5.41, 5.74) is 4.24. The van der Waals surface area contributed by atoms with Crippen LogP contribution in [0.25, 0.3) is 21.9 Å². The summed E-state index contributed by atoms with van der Waals surface area (Å²) in [7, 11) is 3.30. The molecule has 0 unspecified atom stereocenters. The average molecular weight is 404 g/mol. The number of aromatic amines is 1. The van der Waals surface area contributed by atoms with Crippen LogP contribution < -0.4 is 19.3 Å². The van der Waals surface area contributed by atoms with Crippen LogP contribution in [0, 0.1) is 0 Å². The molecule has 0 atom stereocenters. The number of nitrogens with one attached hydrogen (secondary N) is 2. The molecule has 0 spiro atoms. The molecule has 7 nitrogen and oxygen atoms in total. The van der Waals surface area contributed by atoms with Gasteiger partial charge in [-0.3, -0.25) is 0 Å². The van der Waals surface area contributed by atoms with Crippen molar-refractivity contribution in [1.82, 2.24) is 15.0 Å². The number of ether oxygens (including phenoxy) is 2. The van der Waals surface area contributed by atoms with Crippen LogP contribution in [-0.2, 0) is 6.54 Å². The van der Waals surface area contributed by atoms with Crippen molar-refractivity contribution in [2.45, 2.75) is 6.54 Å². The third-order valence-corrected chi connectivity index (χ3v) is 5.93. The van der Waals surface area contributed by atoms with E-state index in [1.54, 1.807) is 25.4 Å². The summed E-state index contributed by atoms with van der Waals surface area (Å²) >= 11 is 0. The maximum absolute atomic E-state index is 5.47. The number of aromatic nitrogens is 3. The van der Waals surface area contributed by atoms with E-state index in [0.717, 1.165) is 60.5 Å². The molecule has 0 aliphatic carbocycles. The third kappa shape index (κ3) is 3.31. The zero-order valence-electron chi connectivity index (χ0n) is 17.3. The van der Waals surface area contributed by atoms with Gasteiger partial charge < -0.3 is 24.3 Å². The van der Waals surface area contributed by atoms with E-state index in [4.69, 9.17) is 9.47 Å². The maximum Gasteiger partial charge on any atom is 0.162 e. The molecule has 154 valence electrons. The highest BCUT2D eigenvalue weighted by molar-refractivity contribution is 6.09. The molecule has 5 rings (SSSR count). The number of hydrogen-bond donors (Lipinski definition) is 2. The normalized spacial score (nSPS) is 15.1. The Morgan fingerprint density at radius 1 is 1.00 bits per heavy atom.